The number of benzene rings is 2. The number of halogens is 2. The lowest BCUT2D eigenvalue weighted by molar-refractivity contribution is -0.384. The number of hydrogen-bond acceptors (Lipinski definition) is 5. The van der Waals surface area contributed by atoms with E-state index in [0.717, 1.165) is 8.95 Å². The van der Waals surface area contributed by atoms with Crippen LogP contribution in [0.4, 0.5) is 5.69 Å². The van der Waals surface area contributed by atoms with E-state index in [1.165, 1.54) is 12.1 Å². The van der Waals surface area contributed by atoms with E-state index >= 15 is 0 Å². The smallest absolute Gasteiger partial charge is 0.273 e. The first-order valence-electron chi connectivity index (χ1n) is 6.08. The van der Waals surface area contributed by atoms with Crippen LogP contribution in [0.3, 0.4) is 0 Å². The van der Waals surface area contributed by atoms with Crippen LogP contribution in [0.15, 0.2) is 43.7 Å². The summed E-state index contributed by atoms with van der Waals surface area (Å²) in [6, 6.07) is 7.95. The third-order valence-corrected chi connectivity index (χ3v) is 4.07. The highest BCUT2D eigenvalue weighted by atomic mass is 79.9. The lowest BCUT2D eigenvalue weighted by Gasteiger charge is -2.08. The number of rotatable bonds is 3. The van der Waals surface area contributed by atoms with Gasteiger partial charge in [0.2, 0.25) is 5.89 Å². The Kier molecular flexibility index (Phi) is 3.88. The Morgan fingerprint density at radius 3 is 2.73 bits per heavy atom. The number of nitro groups is 1. The van der Waals surface area contributed by atoms with E-state index in [2.05, 4.69) is 36.8 Å². The van der Waals surface area contributed by atoms with Gasteiger partial charge in [-0.25, -0.2) is 4.98 Å². The van der Waals surface area contributed by atoms with Gasteiger partial charge in [-0.1, -0.05) is 15.9 Å². The molecule has 0 saturated heterocycles. The molecule has 0 spiro atoms. The normalized spacial score (nSPS) is 10.9. The summed E-state index contributed by atoms with van der Waals surface area (Å²) in [6.07, 6.45) is 0. The highest BCUT2D eigenvalue weighted by Crippen LogP contribution is 2.39. The predicted molar refractivity (Wildman–Crippen MR) is 88.1 cm³/mol. The fourth-order valence-electron chi connectivity index (χ4n) is 2.07. The highest BCUT2D eigenvalue weighted by Gasteiger charge is 2.18. The molecule has 3 rings (SSSR count). The zero-order valence-electron chi connectivity index (χ0n) is 11.2. The van der Waals surface area contributed by atoms with Gasteiger partial charge in [-0.3, -0.25) is 10.1 Å². The molecule has 1 heterocycles. The maximum absolute atomic E-state index is 10.8. The van der Waals surface area contributed by atoms with E-state index in [-0.39, 0.29) is 5.69 Å². The second-order valence-electron chi connectivity index (χ2n) is 4.40. The minimum atomic E-state index is -0.474. The Morgan fingerprint density at radius 2 is 2.05 bits per heavy atom. The zero-order chi connectivity index (χ0) is 15.9. The Morgan fingerprint density at radius 1 is 1.27 bits per heavy atom. The first kappa shape index (κ1) is 15.0. The van der Waals surface area contributed by atoms with Crippen LogP contribution < -0.4 is 4.74 Å². The Labute approximate surface area is 141 Å². The number of ether oxygens (including phenoxy) is 1. The van der Waals surface area contributed by atoms with Gasteiger partial charge in [-0.15, -0.1) is 0 Å². The monoisotopic (exact) mass is 426 g/mol. The molecule has 0 radical (unpaired) electrons. The maximum Gasteiger partial charge on any atom is 0.273 e. The number of oxazole rings is 1. The summed E-state index contributed by atoms with van der Waals surface area (Å²) in [5.74, 6) is 0.901. The van der Waals surface area contributed by atoms with Crippen molar-refractivity contribution in [2.75, 3.05) is 7.11 Å². The molecule has 0 fully saturated rings. The van der Waals surface area contributed by atoms with Crippen molar-refractivity contribution in [1.82, 2.24) is 4.98 Å². The fraction of sp³-hybridized carbons (Fsp3) is 0.0714. The van der Waals surface area contributed by atoms with Crippen molar-refractivity contribution in [1.29, 1.82) is 0 Å². The number of aromatic nitrogens is 1. The molecule has 0 unspecified atom stereocenters. The van der Waals surface area contributed by atoms with Crippen LogP contribution in [0.1, 0.15) is 0 Å². The van der Waals surface area contributed by atoms with Crippen LogP contribution >= 0.6 is 31.9 Å². The van der Waals surface area contributed by atoms with Crippen molar-refractivity contribution in [3.05, 3.63) is 49.4 Å². The number of nitro benzene ring substituents is 1. The summed E-state index contributed by atoms with van der Waals surface area (Å²) in [6.45, 7) is 0. The Bertz CT molecular complexity index is 892. The average molecular weight is 428 g/mol. The van der Waals surface area contributed by atoms with Gasteiger partial charge in [0.1, 0.15) is 11.3 Å². The largest absolute Gasteiger partial charge is 0.495 e. The van der Waals surface area contributed by atoms with Crippen molar-refractivity contribution >= 4 is 48.6 Å². The number of non-ortho nitro benzene ring substituents is 1. The summed E-state index contributed by atoms with van der Waals surface area (Å²) >= 11 is 6.82. The Balaban J connectivity index is 2.20. The van der Waals surface area contributed by atoms with Crippen LogP contribution in [0.25, 0.3) is 22.6 Å². The molecule has 2 aromatic carbocycles. The van der Waals surface area contributed by atoms with Crippen LogP contribution in [0.5, 0.6) is 5.75 Å². The molecule has 6 nitrogen and oxygen atoms in total. The molecular formula is C14H8Br2N2O4. The predicted octanol–water partition coefficient (Wildman–Crippen LogP) is 4.94. The molecule has 0 aliphatic rings. The Hall–Kier alpha value is -1.93. The molecule has 112 valence electrons. The molecule has 22 heavy (non-hydrogen) atoms. The van der Waals surface area contributed by atoms with Crippen LogP contribution in [0, 0.1) is 10.1 Å². The van der Waals surface area contributed by atoms with E-state index in [1.54, 1.807) is 13.2 Å². The molecule has 0 saturated carbocycles. The molecule has 3 aromatic rings. The van der Waals surface area contributed by atoms with E-state index in [1.807, 2.05) is 12.1 Å². The SMILES string of the molecule is COc1c(Br)cc(Br)cc1-c1nc2ccc([N+](=O)[O-])cc2o1. The lowest BCUT2D eigenvalue weighted by atomic mass is 10.2. The van der Waals surface area contributed by atoms with Gasteiger partial charge in [0.05, 0.1) is 28.1 Å². The van der Waals surface area contributed by atoms with Gasteiger partial charge < -0.3 is 9.15 Å². The minimum absolute atomic E-state index is 0.0439. The molecule has 8 heteroatoms. The third-order valence-electron chi connectivity index (χ3n) is 3.03. The van der Waals surface area contributed by atoms with Crippen molar-refractivity contribution in [2.24, 2.45) is 0 Å². The first-order valence-corrected chi connectivity index (χ1v) is 7.66. The van der Waals surface area contributed by atoms with Crippen molar-refractivity contribution in [2.45, 2.75) is 0 Å². The summed E-state index contributed by atoms with van der Waals surface area (Å²) < 4.78 is 12.6. The van der Waals surface area contributed by atoms with E-state index < -0.39 is 4.92 Å². The summed E-state index contributed by atoms with van der Waals surface area (Å²) in [7, 11) is 1.55. The van der Waals surface area contributed by atoms with Gasteiger partial charge in [-0.2, -0.15) is 0 Å². The van der Waals surface area contributed by atoms with Gasteiger partial charge >= 0.3 is 0 Å². The number of nitrogens with zero attached hydrogens (tertiary/aromatic N) is 2. The van der Waals surface area contributed by atoms with E-state index in [9.17, 15) is 10.1 Å². The average Bonchev–Trinajstić information content (AvgIpc) is 2.89. The van der Waals surface area contributed by atoms with Crippen molar-refractivity contribution in [3.63, 3.8) is 0 Å². The standard InChI is InChI=1S/C14H8Br2N2O4/c1-21-13-9(4-7(15)5-10(13)16)14-17-11-3-2-8(18(19)20)6-12(11)22-14/h2-6H,1H3. The van der Waals surface area contributed by atoms with Crippen LogP contribution in [0.2, 0.25) is 0 Å². The maximum atomic E-state index is 10.8. The summed E-state index contributed by atoms with van der Waals surface area (Å²) in [5.41, 5.74) is 1.49. The minimum Gasteiger partial charge on any atom is -0.495 e. The third kappa shape index (κ3) is 2.59. The van der Waals surface area contributed by atoms with Crippen molar-refractivity contribution < 1.29 is 14.1 Å². The second-order valence-corrected chi connectivity index (χ2v) is 6.17. The summed E-state index contributed by atoms with van der Waals surface area (Å²) in [4.78, 5) is 14.7. The first-order chi connectivity index (χ1) is 10.5. The number of hydrogen-bond donors (Lipinski definition) is 0. The molecule has 0 bridgehead atoms. The van der Waals surface area contributed by atoms with Crippen LogP contribution in [-0.4, -0.2) is 17.0 Å². The van der Waals surface area contributed by atoms with Crippen molar-refractivity contribution in [3.8, 4) is 17.2 Å². The van der Waals surface area contributed by atoms with Gasteiger partial charge in [0, 0.05) is 10.5 Å². The molecule has 1 aromatic heterocycles. The zero-order valence-corrected chi connectivity index (χ0v) is 14.3. The fourth-order valence-corrected chi connectivity index (χ4v) is 3.46. The van der Waals surface area contributed by atoms with E-state index in [0.29, 0.717) is 28.3 Å². The highest BCUT2D eigenvalue weighted by molar-refractivity contribution is 9.11. The quantitative estimate of drug-likeness (QED) is 0.437. The molecule has 0 aliphatic carbocycles. The van der Waals surface area contributed by atoms with Gasteiger partial charge in [0.15, 0.2) is 5.58 Å². The van der Waals surface area contributed by atoms with Gasteiger partial charge in [0.25, 0.3) is 5.69 Å². The van der Waals surface area contributed by atoms with Gasteiger partial charge in [-0.05, 0) is 34.1 Å². The molecular weight excluding hydrogens is 420 g/mol. The number of methoxy groups -OCH3 is 1. The van der Waals surface area contributed by atoms with Crippen LogP contribution in [-0.2, 0) is 0 Å². The molecule has 0 aliphatic heterocycles. The van der Waals surface area contributed by atoms with E-state index in [4.69, 9.17) is 9.15 Å². The lowest BCUT2D eigenvalue weighted by Crippen LogP contribution is -1.90. The topological polar surface area (TPSA) is 78.4 Å². The molecule has 0 amide bonds. The summed E-state index contributed by atoms with van der Waals surface area (Å²) in [5, 5.41) is 10.8. The molecule has 0 N–H and O–H groups in total. The molecule has 0 atom stereocenters. The number of fused-ring (bicyclic) bond motifs is 1. The second kappa shape index (κ2) is 5.69.